The number of hydrogen-bond acceptors (Lipinski definition) is 24. The Morgan fingerprint density at radius 1 is 0.133 bits per heavy atom. The molecule has 0 unspecified atom stereocenters. The zero-order valence-electron chi connectivity index (χ0n) is 80.9. The van der Waals surface area contributed by atoms with Crippen LogP contribution in [-0.2, 0) is 52.4 Å². The van der Waals surface area contributed by atoms with Crippen LogP contribution in [0.2, 0.25) is 0 Å². The summed E-state index contributed by atoms with van der Waals surface area (Å²) in [5, 5.41) is 21.9. The summed E-state index contributed by atoms with van der Waals surface area (Å²) in [6, 6.07) is 39.7. The minimum Gasteiger partial charge on any atom is -0.297 e. The fourth-order valence-corrected chi connectivity index (χ4v) is 18.6. The number of hydrogen-bond donors (Lipinski definition) is 0. The van der Waals surface area contributed by atoms with Gasteiger partial charge in [-0.1, -0.05) is 48.5 Å². The highest BCUT2D eigenvalue weighted by Crippen LogP contribution is 2.47. The van der Waals surface area contributed by atoms with Crippen molar-refractivity contribution in [1.29, 1.82) is 0 Å². The lowest BCUT2D eigenvalue weighted by Gasteiger charge is -2.31. The summed E-state index contributed by atoms with van der Waals surface area (Å²) in [7, 11) is 69.5. The van der Waals surface area contributed by atoms with Crippen LogP contribution in [0.25, 0.3) is 86.2 Å². The fraction of sp³-hybridized carbons (Fsp3) is 0.583. The molecule has 120 heavy (non-hydrogen) atoms. The van der Waals surface area contributed by atoms with Gasteiger partial charge in [-0.05, 0) is 405 Å². The van der Waals surface area contributed by atoms with Gasteiger partial charge in [-0.3, -0.25) is 118 Å². The van der Waals surface area contributed by atoms with E-state index >= 15 is 0 Å². The lowest BCUT2D eigenvalue weighted by Crippen LogP contribution is -2.39. The lowest BCUT2D eigenvalue weighted by atomic mass is 9.85. The Bertz CT molecular complexity index is 4350. The minimum atomic E-state index is 0.862. The van der Waals surface area contributed by atoms with Crippen molar-refractivity contribution < 1.29 is 0 Å². The van der Waals surface area contributed by atoms with Gasteiger partial charge >= 0.3 is 0 Å². The second-order valence-corrected chi connectivity index (χ2v) is 39.5. The first-order chi connectivity index (χ1) is 56.5. The van der Waals surface area contributed by atoms with Gasteiger partial charge in [0.25, 0.3) is 0 Å². The van der Waals surface area contributed by atoms with Gasteiger partial charge in [0.2, 0.25) is 0 Å². The first-order valence-corrected chi connectivity index (χ1v) is 43.0. The van der Waals surface area contributed by atoms with E-state index in [1.165, 1.54) is 131 Å². The Morgan fingerprint density at radius 2 is 0.250 bits per heavy atom. The van der Waals surface area contributed by atoms with Crippen LogP contribution in [0.15, 0.2) is 97.1 Å². The summed E-state index contributed by atoms with van der Waals surface area (Å²) in [5.74, 6) is 0. The van der Waals surface area contributed by atoms with Gasteiger partial charge in [0.05, 0.1) is 107 Å². The average Bonchev–Trinajstić information content (AvgIpc) is 0.713. The molecule has 0 heterocycles. The summed E-state index contributed by atoms with van der Waals surface area (Å²) in [5.41, 5.74) is 10.9. The highest BCUT2D eigenvalue weighted by Gasteiger charge is 2.27. The highest BCUT2D eigenvalue weighted by molar-refractivity contribution is 6.35. The molecular formula is C96H160N24. The Kier molecular flexibility index (Phi) is 36.3. The van der Waals surface area contributed by atoms with Crippen molar-refractivity contribution in [2.24, 2.45) is 0 Å². The first-order valence-electron chi connectivity index (χ1n) is 43.0. The zero-order valence-corrected chi connectivity index (χ0v) is 80.9. The quantitative estimate of drug-likeness (QED) is 0.0206. The van der Waals surface area contributed by atoms with Crippen LogP contribution < -0.4 is 0 Å². The Hall–Kier alpha value is -6.16. The molecule has 24 nitrogen and oxygen atoms in total. The number of rotatable bonds is 48. The third-order valence-corrected chi connectivity index (χ3v) is 21.1. The molecule has 0 aromatic heterocycles. The Balaban J connectivity index is 0.000000273. The third kappa shape index (κ3) is 27.9. The number of fused-ring (bicyclic) bond motifs is 4. The van der Waals surface area contributed by atoms with Crippen molar-refractivity contribution in [3.8, 4) is 0 Å². The molecule has 0 atom stereocenters. The topological polar surface area (TPSA) is 77.8 Å². The summed E-state index contributed by atoms with van der Waals surface area (Å²) in [6.45, 7) is 21.1. The van der Waals surface area contributed by atoms with Crippen molar-refractivity contribution in [1.82, 2.24) is 118 Å². The molecule has 0 aliphatic rings. The molecule has 10 aromatic carbocycles. The molecule has 0 fully saturated rings. The molecule has 0 saturated carbocycles. The van der Waals surface area contributed by atoms with Gasteiger partial charge in [-0.2, -0.15) is 0 Å². The first kappa shape index (κ1) is 97.6. The van der Waals surface area contributed by atoms with Gasteiger partial charge in [0.1, 0.15) is 0 Å². The molecule has 0 radical (unpaired) electrons. The number of nitrogens with zero attached hydrogens (tertiary/aromatic N) is 24. The van der Waals surface area contributed by atoms with E-state index in [0.29, 0.717) is 0 Å². The van der Waals surface area contributed by atoms with E-state index in [1.807, 2.05) is 0 Å². The minimum absolute atomic E-state index is 0.862. The second kappa shape index (κ2) is 44.6. The van der Waals surface area contributed by atoms with E-state index in [-0.39, 0.29) is 0 Å². The SMILES string of the molecule is CN(C)CN(Cc1cc2c(CN(CN(C)C)CN(C)C)ccc3c4cc(CN(CN(C)C)CN(C)C)cc5c(CN(CN(C)C)CN(C)C)ccc(c(c1)c23)c54)CN(C)C.CN(C)CN(Cc1cc2c(CN(CN(C)C)CN(C)C)ccc3c4ccc(CN(CN(C)C)CN(C)C)c5cc(CN(CN(C)C)CN(C)C)cc(c(c1)c23)c54)CN(C)C. The average molecular weight is 1650 g/mol. The molecule has 0 aliphatic carbocycles. The molecule has 0 bridgehead atoms. The van der Waals surface area contributed by atoms with E-state index in [1.54, 1.807) is 0 Å². The molecular weight excluding hydrogens is 1490 g/mol. The van der Waals surface area contributed by atoms with Crippen molar-refractivity contribution in [2.45, 2.75) is 52.4 Å². The molecule has 0 amide bonds. The van der Waals surface area contributed by atoms with Gasteiger partial charge < -0.3 is 0 Å². The summed E-state index contributed by atoms with van der Waals surface area (Å²) < 4.78 is 0. The Morgan fingerprint density at radius 3 is 0.392 bits per heavy atom. The predicted octanol–water partition coefficient (Wildman–Crippen LogP) is 10.2. The molecule has 0 aliphatic heterocycles. The molecule has 0 spiro atoms. The summed E-state index contributed by atoms with van der Waals surface area (Å²) in [6.07, 6.45) is 0. The van der Waals surface area contributed by atoms with Crippen molar-refractivity contribution in [2.75, 3.05) is 332 Å². The highest BCUT2D eigenvalue weighted by atomic mass is 15.4. The third-order valence-electron chi connectivity index (χ3n) is 21.1. The van der Waals surface area contributed by atoms with E-state index in [0.717, 1.165) is 159 Å². The standard InChI is InChI=1S/2C48H80N12/c1-49(2)29-57(30-50(3)4)25-37-21-43-39(27-59(33-53(9)10)34-54(11)12)17-20-42-46-24-38(26-58(31-51(5)6)32-52(7)8)22-44-40(28-60(35-55(13)14)36-56(15)16)18-19-41(48(44)46)45(23-37)47(42)43;1-49(2)29-57(30-50(3)4)25-37-21-43-39(27-59(33-53(9)10)34-54(11)12)17-19-41-42-20-18-40(28-60(35-55(13)14)36-56(15)16)44-22-38(26-58(31-51(5)6)32-52(7)8)24-46(48(42)44)45(23-37)47(41)43/h2*17-24H,25-36H2,1-16H3. The van der Waals surface area contributed by atoms with Crippen LogP contribution in [-0.4, -0.2) is 450 Å². The maximum atomic E-state index is 2.55. The summed E-state index contributed by atoms with van der Waals surface area (Å²) >= 11 is 0. The molecule has 10 aromatic rings. The van der Waals surface area contributed by atoms with Gasteiger partial charge in [-0.25, -0.2) is 0 Å². The normalized spacial score (nSPS) is 13.3. The fourth-order valence-electron chi connectivity index (χ4n) is 18.6. The smallest absolute Gasteiger partial charge is 0.0516 e. The molecule has 0 saturated heterocycles. The van der Waals surface area contributed by atoms with Crippen molar-refractivity contribution in [3.63, 3.8) is 0 Å². The Labute approximate surface area is 726 Å². The van der Waals surface area contributed by atoms with E-state index in [4.69, 9.17) is 0 Å². The van der Waals surface area contributed by atoms with Crippen LogP contribution in [0.1, 0.15) is 44.5 Å². The van der Waals surface area contributed by atoms with Crippen LogP contribution in [0.3, 0.4) is 0 Å². The largest absolute Gasteiger partial charge is 0.297 e. The van der Waals surface area contributed by atoms with Crippen molar-refractivity contribution in [3.05, 3.63) is 142 Å². The second-order valence-electron chi connectivity index (χ2n) is 39.5. The van der Waals surface area contributed by atoms with E-state index in [2.05, 4.69) is 440 Å². The molecule has 24 heteroatoms. The van der Waals surface area contributed by atoms with Crippen LogP contribution in [0, 0.1) is 0 Å². The maximum Gasteiger partial charge on any atom is 0.0516 e. The molecule has 0 N–H and O–H groups in total. The van der Waals surface area contributed by atoms with Gasteiger partial charge in [0.15, 0.2) is 0 Å². The predicted molar refractivity (Wildman–Crippen MR) is 517 cm³/mol. The van der Waals surface area contributed by atoms with Crippen LogP contribution in [0.4, 0.5) is 0 Å². The number of benzene rings is 10. The van der Waals surface area contributed by atoms with Gasteiger partial charge in [-0.15, -0.1) is 0 Å². The van der Waals surface area contributed by atoms with Crippen LogP contribution in [0.5, 0.6) is 0 Å². The summed E-state index contributed by atoms with van der Waals surface area (Å²) in [4.78, 5) is 56.9. The molecule has 10 rings (SSSR count). The molecule has 664 valence electrons. The lowest BCUT2D eigenvalue weighted by molar-refractivity contribution is 0.111. The zero-order chi connectivity index (χ0) is 88.0. The van der Waals surface area contributed by atoms with Gasteiger partial charge in [0, 0.05) is 52.4 Å². The maximum absolute atomic E-state index is 2.55. The van der Waals surface area contributed by atoms with Crippen LogP contribution >= 0.6 is 0 Å². The van der Waals surface area contributed by atoms with E-state index in [9.17, 15) is 0 Å². The van der Waals surface area contributed by atoms with E-state index < -0.39 is 0 Å². The van der Waals surface area contributed by atoms with Crippen molar-refractivity contribution >= 4 is 86.2 Å². The monoisotopic (exact) mass is 1650 g/mol.